The Kier molecular flexibility index (Phi) is 10.7. The van der Waals surface area contributed by atoms with Crippen LogP contribution >= 0.6 is 24.0 Å². The van der Waals surface area contributed by atoms with Gasteiger partial charge in [0.2, 0.25) is 5.95 Å². The van der Waals surface area contributed by atoms with Crippen LogP contribution in [0.2, 0.25) is 0 Å². The predicted molar refractivity (Wildman–Crippen MR) is 117 cm³/mol. The molecular formula is C18H24F3IN6O. The lowest BCUT2D eigenvalue weighted by Gasteiger charge is -2.18. The molecule has 29 heavy (non-hydrogen) atoms. The molecule has 11 heteroatoms. The Morgan fingerprint density at radius 3 is 2.48 bits per heavy atom. The Morgan fingerprint density at radius 1 is 1.14 bits per heavy atom. The van der Waals surface area contributed by atoms with Crippen molar-refractivity contribution in [1.29, 1.82) is 0 Å². The van der Waals surface area contributed by atoms with Gasteiger partial charge in [0.05, 0.1) is 6.61 Å². The van der Waals surface area contributed by atoms with Crippen molar-refractivity contribution in [3.63, 3.8) is 0 Å². The second-order valence-corrected chi connectivity index (χ2v) is 5.86. The molecule has 0 radical (unpaired) electrons. The molecule has 0 spiro atoms. The van der Waals surface area contributed by atoms with E-state index >= 15 is 0 Å². The molecule has 0 saturated heterocycles. The van der Waals surface area contributed by atoms with E-state index in [2.05, 4.69) is 30.9 Å². The molecule has 1 heterocycles. The van der Waals surface area contributed by atoms with Gasteiger partial charge in [-0.05, 0) is 11.6 Å². The van der Waals surface area contributed by atoms with E-state index in [1.807, 2.05) is 30.3 Å². The molecule has 0 aliphatic heterocycles. The summed E-state index contributed by atoms with van der Waals surface area (Å²) in [6.45, 7) is 1.14. The minimum Gasteiger partial charge on any atom is -0.396 e. The van der Waals surface area contributed by atoms with Crippen LogP contribution in [0, 0.1) is 0 Å². The second-order valence-electron chi connectivity index (χ2n) is 5.86. The number of anilines is 1. The van der Waals surface area contributed by atoms with Gasteiger partial charge >= 0.3 is 6.18 Å². The van der Waals surface area contributed by atoms with Gasteiger partial charge in [0.15, 0.2) is 5.96 Å². The number of halogens is 4. The number of benzene rings is 1. The quantitative estimate of drug-likeness (QED) is 0.184. The predicted octanol–water partition coefficient (Wildman–Crippen LogP) is 2.47. The maximum Gasteiger partial charge on any atom is 0.433 e. The summed E-state index contributed by atoms with van der Waals surface area (Å²) in [5, 5.41) is 18.5. The van der Waals surface area contributed by atoms with Crippen LogP contribution in [0.4, 0.5) is 19.1 Å². The minimum atomic E-state index is -4.51. The molecule has 0 fully saturated rings. The first kappa shape index (κ1) is 24.9. The number of guanidine groups is 1. The van der Waals surface area contributed by atoms with E-state index in [-0.39, 0.29) is 42.4 Å². The Hall–Kier alpha value is -2.15. The van der Waals surface area contributed by atoms with E-state index in [4.69, 9.17) is 0 Å². The number of aliphatic hydroxyl groups is 1. The van der Waals surface area contributed by atoms with Crippen LogP contribution < -0.4 is 16.0 Å². The molecule has 160 valence electrons. The Morgan fingerprint density at radius 2 is 1.86 bits per heavy atom. The monoisotopic (exact) mass is 524 g/mol. The maximum atomic E-state index is 12.6. The smallest absolute Gasteiger partial charge is 0.396 e. The first-order valence-corrected chi connectivity index (χ1v) is 8.68. The van der Waals surface area contributed by atoms with Crippen molar-refractivity contribution >= 4 is 35.9 Å². The largest absolute Gasteiger partial charge is 0.433 e. The molecule has 0 aliphatic rings. The number of alkyl halides is 3. The lowest BCUT2D eigenvalue weighted by Crippen LogP contribution is -2.41. The highest BCUT2D eigenvalue weighted by Crippen LogP contribution is 2.27. The fraction of sp³-hybridized carbons (Fsp3) is 0.389. The van der Waals surface area contributed by atoms with Crippen LogP contribution in [-0.2, 0) is 6.18 Å². The molecule has 0 aliphatic carbocycles. The first-order valence-electron chi connectivity index (χ1n) is 8.68. The number of aliphatic hydroxyl groups excluding tert-OH is 1. The second kappa shape index (κ2) is 12.4. The molecular weight excluding hydrogens is 500 g/mol. The van der Waals surface area contributed by atoms with E-state index in [0.717, 1.165) is 17.8 Å². The number of hydrogen-bond acceptors (Lipinski definition) is 5. The van der Waals surface area contributed by atoms with Crippen molar-refractivity contribution in [1.82, 2.24) is 20.6 Å². The van der Waals surface area contributed by atoms with Gasteiger partial charge in [-0.2, -0.15) is 13.2 Å². The van der Waals surface area contributed by atoms with Crippen LogP contribution in [0.1, 0.15) is 17.2 Å². The molecule has 7 nitrogen and oxygen atoms in total. The number of hydrogen-bond donors (Lipinski definition) is 4. The van der Waals surface area contributed by atoms with Crippen LogP contribution in [0.3, 0.4) is 0 Å². The highest BCUT2D eigenvalue weighted by molar-refractivity contribution is 14.0. The van der Waals surface area contributed by atoms with Gasteiger partial charge in [-0.3, -0.25) is 4.99 Å². The van der Waals surface area contributed by atoms with Gasteiger partial charge in [-0.1, -0.05) is 30.3 Å². The zero-order chi connectivity index (χ0) is 20.4. The Labute approximate surface area is 184 Å². The molecule has 0 saturated carbocycles. The molecule has 1 aromatic heterocycles. The van der Waals surface area contributed by atoms with Crippen molar-refractivity contribution in [2.24, 2.45) is 4.99 Å². The van der Waals surface area contributed by atoms with Crippen molar-refractivity contribution in [3.05, 3.63) is 53.9 Å². The fourth-order valence-corrected chi connectivity index (χ4v) is 2.41. The number of rotatable bonds is 8. The van der Waals surface area contributed by atoms with E-state index in [1.165, 1.54) is 0 Å². The third kappa shape index (κ3) is 8.40. The normalized spacial score (nSPS) is 12.7. The SMILES string of the molecule is CN=C(NCCNc1nccc(C(F)(F)F)n1)NCC(CO)c1ccccc1.I. The number of aliphatic imine (C=N–C) groups is 1. The first-order chi connectivity index (χ1) is 13.4. The summed E-state index contributed by atoms with van der Waals surface area (Å²) < 4.78 is 37.9. The standard InChI is InChI=1S/C18H23F3N6O.HI/c1-22-16(26-11-14(12-28)13-5-3-2-4-6-13)24-9-10-25-17-23-8-7-15(27-17)18(19,20)21;/h2-8,14,28H,9-12H2,1H3,(H2,22,24,26)(H,23,25,27);1H. The zero-order valence-electron chi connectivity index (χ0n) is 15.8. The van der Waals surface area contributed by atoms with Crippen molar-refractivity contribution in [2.75, 3.05) is 38.6 Å². The van der Waals surface area contributed by atoms with Crippen LogP contribution in [0.5, 0.6) is 0 Å². The summed E-state index contributed by atoms with van der Waals surface area (Å²) in [6, 6.07) is 10.4. The van der Waals surface area contributed by atoms with Gasteiger partial charge < -0.3 is 21.1 Å². The molecule has 0 amide bonds. The van der Waals surface area contributed by atoms with Crippen LogP contribution in [0.15, 0.2) is 47.6 Å². The van der Waals surface area contributed by atoms with E-state index in [1.54, 1.807) is 7.05 Å². The van der Waals surface area contributed by atoms with Crippen molar-refractivity contribution in [2.45, 2.75) is 12.1 Å². The van der Waals surface area contributed by atoms with Gasteiger partial charge in [0.25, 0.3) is 0 Å². The Balaban J connectivity index is 0.00000420. The third-order valence-electron chi connectivity index (χ3n) is 3.88. The zero-order valence-corrected chi connectivity index (χ0v) is 18.1. The van der Waals surface area contributed by atoms with Gasteiger partial charge in [0.1, 0.15) is 5.69 Å². The van der Waals surface area contributed by atoms with Crippen molar-refractivity contribution < 1.29 is 18.3 Å². The molecule has 0 bridgehead atoms. The third-order valence-corrected chi connectivity index (χ3v) is 3.88. The summed E-state index contributed by atoms with van der Waals surface area (Å²) in [5.41, 5.74) is 0.0164. The summed E-state index contributed by atoms with van der Waals surface area (Å²) in [6.07, 6.45) is -3.45. The van der Waals surface area contributed by atoms with Crippen molar-refractivity contribution in [3.8, 4) is 0 Å². The van der Waals surface area contributed by atoms with Crippen LogP contribution in [0.25, 0.3) is 0 Å². The number of nitrogens with zero attached hydrogens (tertiary/aromatic N) is 3. The lowest BCUT2D eigenvalue weighted by molar-refractivity contribution is -0.141. The molecule has 1 unspecified atom stereocenters. The summed E-state index contributed by atoms with van der Waals surface area (Å²) in [7, 11) is 1.61. The average molecular weight is 524 g/mol. The fourth-order valence-electron chi connectivity index (χ4n) is 2.41. The average Bonchev–Trinajstić information content (AvgIpc) is 2.70. The summed E-state index contributed by atoms with van der Waals surface area (Å²) in [5.74, 6) is 0.335. The van der Waals surface area contributed by atoms with E-state index in [0.29, 0.717) is 25.6 Å². The van der Waals surface area contributed by atoms with E-state index in [9.17, 15) is 18.3 Å². The minimum absolute atomic E-state index is 0. The molecule has 4 N–H and O–H groups in total. The number of aromatic nitrogens is 2. The Bertz CT molecular complexity index is 761. The number of nitrogens with one attached hydrogen (secondary N) is 3. The summed E-state index contributed by atoms with van der Waals surface area (Å²) >= 11 is 0. The highest BCUT2D eigenvalue weighted by Gasteiger charge is 2.32. The van der Waals surface area contributed by atoms with Crippen LogP contribution in [-0.4, -0.2) is 54.3 Å². The van der Waals surface area contributed by atoms with Gasteiger partial charge in [-0.15, -0.1) is 24.0 Å². The van der Waals surface area contributed by atoms with Gasteiger partial charge in [0, 0.05) is 38.8 Å². The maximum absolute atomic E-state index is 12.6. The lowest BCUT2D eigenvalue weighted by atomic mass is 10.0. The topological polar surface area (TPSA) is 94.5 Å². The highest BCUT2D eigenvalue weighted by atomic mass is 127. The summed E-state index contributed by atoms with van der Waals surface area (Å²) in [4.78, 5) is 11.3. The van der Waals surface area contributed by atoms with E-state index < -0.39 is 11.9 Å². The molecule has 1 atom stereocenters. The molecule has 1 aromatic carbocycles. The van der Waals surface area contributed by atoms with Gasteiger partial charge in [-0.25, -0.2) is 9.97 Å². The molecule has 2 aromatic rings. The molecule has 2 rings (SSSR count).